The van der Waals surface area contributed by atoms with Gasteiger partial charge >= 0.3 is 7.82 Å². The molecule has 0 saturated heterocycles. The third-order valence-electron chi connectivity index (χ3n) is 2.34. The Morgan fingerprint density at radius 2 is 1.89 bits per heavy atom. The van der Waals surface area contributed by atoms with Crippen LogP contribution in [0.2, 0.25) is 0 Å². The maximum absolute atomic E-state index is 11.6. The fraction of sp³-hybridized carbons (Fsp3) is 0.500. The first kappa shape index (κ1) is 15.0. The second-order valence-electron chi connectivity index (χ2n) is 4.10. The van der Waals surface area contributed by atoms with E-state index in [4.69, 9.17) is 4.52 Å². The van der Waals surface area contributed by atoms with Crippen LogP contribution >= 0.6 is 7.82 Å². The van der Waals surface area contributed by atoms with E-state index in [1.807, 2.05) is 0 Å². The summed E-state index contributed by atoms with van der Waals surface area (Å²) < 4.78 is 63.6. The van der Waals surface area contributed by atoms with E-state index in [-0.39, 0.29) is 5.75 Å². The number of rotatable bonds is 4. The van der Waals surface area contributed by atoms with Crippen molar-refractivity contribution in [3.63, 3.8) is 0 Å². The van der Waals surface area contributed by atoms with Gasteiger partial charge in [0.05, 0.1) is 5.75 Å². The first-order chi connectivity index (χ1) is 8.57. The molecule has 2 heterocycles. The molecule has 0 bridgehead atoms. The highest BCUT2D eigenvalue weighted by Gasteiger charge is 2.40. The average molecular weight is 331 g/mol. The highest BCUT2D eigenvalue weighted by Crippen LogP contribution is 2.47. The van der Waals surface area contributed by atoms with Crippen LogP contribution in [0.25, 0.3) is 0 Å². The summed E-state index contributed by atoms with van der Waals surface area (Å²) in [7, 11) is -11.1. The number of phosphoric acid groups is 1. The predicted molar refractivity (Wildman–Crippen MR) is 67.2 cm³/mol. The van der Waals surface area contributed by atoms with Crippen molar-refractivity contribution in [3.05, 3.63) is 23.0 Å². The van der Waals surface area contributed by atoms with Gasteiger partial charge in [-0.1, -0.05) is 4.21 Å². The van der Waals surface area contributed by atoms with Crippen LogP contribution in [0.3, 0.4) is 0 Å². The molecule has 2 rings (SSSR count). The lowest BCUT2D eigenvalue weighted by atomic mass is 10.4. The van der Waals surface area contributed by atoms with E-state index < -0.39 is 45.8 Å². The SMILES string of the molecule is O=P(O)(O[C@@H]1C=CS(=O)(=O)C1)O[C@H]1C=C[S+](=O)(O)C1. The van der Waals surface area contributed by atoms with Crippen molar-refractivity contribution in [2.45, 2.75) is 12.2 Å². The molecule has 0 spiro atoms. The van der Waals surface area contributed by atoms with Gasteiger partial charge in [0.25, 0.3) is 0 Å². The Hall–Kier alpha value is -0.350. The highest BCUT2D eigenvalue weighted by atomic mass is 32.3. The molecule has 0 amide bonds. The Labute approximate surface area is 110 Å². The van der Waals surface area contributed by atoms with Crippen LogP contribution in [0.1, 0.15) is 0 Å². The van der Waals surface area contributed by atoms with Crippen LogP contribution in [0, 0.1) is 0 Å². The van der Waals surface area contributed by atoms with Gasteiger partial charge in [0.2, 0.25) is 10.2 Å². The zero-order valence-electron chi connectivity index (χ0n) is 9.49. The van der Waals surface area contributed by atoms with E-state index in [2.05, 4.69) is 4.52 Å². The van der Waals surface area contributed by atoms with E-state index in [0.29, 0.717) is 0 Å². The molecule has 2 unspecified atom stereocenters. The summed E-state index contributed by atoms with van der Waals surface area (Å²) in [6.45, 7) is 0. The standard InChI is InChI=1S/C8H11O8PS2/c9-17(10,15-7-1-3-18(11,12)5-7)16-8-2-4-19(13,14)6-8/h1-4,7-8H,5-6H2,(H-,9,10,11,12)/p+1/t7-,8+/m0/s1. The molecule has 2 aliphatic rings. The smallest absolute Gasteiger partial charge is 0.302 e. The lowest BCUT2D eigenvalue weighted by Crippen LogP contribution is -2.20. The van der Waals surface area contributed by atoms with E-state index in [1.54, 1.807) is 0 Å². The second kappa shape index (κ2) is 4.88. The number of hydrogen-bond donors (Lipinski definition) is 2. The molecule has 108 valence electrons. The highest BCUT2D eigenvalue weighted by molar-refractivity contribution is 8.00. The van der Waals surface area contributed by atoms with E-state index in [9.17, 15) is 26.6 Å². The largest absolute Gasteiger partial charge is 0.473 e. The molecule has 8 nitrogen and oxygen atoms in total. The summed E-state index contributed by atoms with van der Waals surface area (Å²) in [5.74, 6) is -0.766. The summed E-state index contributed by atoms with van der Waals surface area (Å²) in [4.78, 5) is 9.45. The van der Waals surface area contributed by atoms with Crippen molar-refractivity contribution in [2.24, 2.45) is 0 Å². The molecule has 11 heteroatoms. The van der Waals surface area contributed by atoms with Crippen LogP contribution in [0.4, 0.5) is 0 Å². The van der Waals surface area contributed by atoms with Gasteiger partial charge in [0.1, 0.15) is 12.2 Å². The fourth-order valence-electron chi connectivity index (χ4n) is 1.60. The molecule has 0 aliphatic carbocycles. The normalized spacial score (nSPS) is 39.5. The Kier molecular flexibility index (Phi) is 3.87. The van der Waals surface area contributed by atoms with Gasteiger partial charge < -0.3 is 4.89 Å². The third kappa shape index (κ3) is 4.32. The number of hydrogen-bond acceptors (Lipinski definition) is 6. The molecule has 2 aliphatic heterocycles. The number of phosphoric ester groups is 1. The Morgan fingerprint density at radius 3 is 2.37 bits per heavy atom. The van der Waals surface area contributed by atoms with Gasteiger partial charge in [-0.25, -0.2) is 13.0 Å². The molecule has 19 heavy (non-hydrogen) atoms. The maximum atomic E-state index is 11.6. The van der Waals surface area contributed by atoms with Crippen molar-refractivity contribution in [2.75, 3.05) is 11.5 Å². The first-order valence-electron chi connectivity index (χ1n) is 5.10. The predicted octanol–water partition coefficient (Wildman–Crippen LogP) is 0.299. The molecule has 0 aromatic rings. The Morgan fingerprint density at radius 1 is 1.26 bits per heavy atom. The summed E-state index contributed by atoms with van der Waals surface area (Å²) in [6.07, 6.45) is 0.247. The van der Waals surface area contributed by atoms with E-state index in [1.165, 1.54) is 6.08 Å². The van der Waals surface area contributed by atoms with E-state index >= 15 is 0 Å². The molecule has 2 N–H and O–H groups in total. The van der Waals surface area contributed by atoms with Crippen LogP contribution < -0.4 is 0 Å². The van der Waals surface area contributed by atoms with Gasteiger partial charge in [-0.2, -0.15) is 4.55 Å². The average Bonchev–Trinajstić information content (AvgIpc) is 2.68. The zero-order valence-corrected chi connectivity index (χ0v) is 12.0. The van der Waals surface area contributed by atoms with Crippen molar-refractivity contribution in [1.29, 1.82) is 0 Å². The lowest BCUT2D eigenvalue weighted by Gasteiger charge is -2.16. The monoisotopic (exact) mass is 331 g/mol. The van der Waals surface area contributed by atoms with Gasteiger partial charge in [0, 0.05) is 11.5 Å². The van der Waals surface area contributed by atoms with Gasteiger partial charge in [-0.3, -0.25) is 9.05 Å². The van der Waals surface area contributed by atoms with E-state index in [0.717, 1.165) is 16.9 Å². The second-order valence-corrected chi connectivity index (χ2v) is 9.37. The van der Waals surface area contributed by atoms with Crippen LogP contribution in [-0.4, -0.2) is 41.6 Å². The number of sulfone groups is 1. The molecular formula is C8H12O8PS2+. The summed E-state index contributed by atoms with van der Waals surface area (Å²) in [5.41, 5.74) is 0. The summed E-state index contributed by atoms with van der Waals surface area (Å²) in [6, 6.07) is 0. The van der Waals surface area contributed by atoms with Crippen molar-refractivity contribution >= 4 is 27.9 Å². The quantitative estimate of drug-likeness (QED) is 0.556. The minimum atomic E-state index is -4.51. The molecule has 0 aromatic heterocycles. The lowest BCUT2D eigenvalue weighted by molar-refractivity contribution is 0.119. The third-order valence-corrected chi connectivity index (χ3v) is 6.17. The van der Waals surface area contributed by atoms with Gasteiger partial charge in [-0.05, 0) is 6.08 Å². The first-order valence-corrected chi connectivity index (χ1v) is 10.1. The van der Waals surface area contributed by atoms with Crippen molar-refractivity contribution < 1.29 is 35.7 Å². The van der Waals surface area contributed by atoms with Crippen LogP contribution in [0.15, 0.2) is 23.0 Å². The zero-order chi connectivity index (χ0) is 14.3. The summed E-state index contributed by atoms with van der Waals surface area (Å²) in [5, 5.41) is 1.89. The molecule has 0 saturated carbocycles. The molecule has 4 atom stereocenters. The maximum Gasteiger partial charge on any atom is 0.473 e. The Bertz CT molecular complexity index is 621. The van der Waals surface area contributed by atoms with Crippen molar-refractivity contribution in [3.8, 4) is 0 Å². The van der Waals surface area contributed by atoms with Crippen molar-refractivity contribution in [1.82, 2.24) is 0 Å². The molecule has 0 fully saturated rings. The molecule has 0 radical (unpaired) electrons. The topological polar surface area (TPSA) is 127 Å². The fourth-order valence-corrected chi connectivity index (χ4v) is 5.17. The summed E-state index contributed by atoms with van der Waals surface area (Å²) >= 11 is 0. The molecular weight excluding hydrogens is 319 g/mol. The van der Waals surface area contributed by atoms with Crippen LogP contribution in [0.5, 0.6) is 0 Å². The minimum Gasteiger partial charge on any atom is -0.302 e. The van der Waals surface area contributed by atoms with Gasteiger partial charge in [0.15, 0.2) is 21.0 Å². The molecule has 0 aromatic carbocycles. The van der Waals surface area contributed by atoms with Gasteiger partial charge in [-0.15, -0.1) is 0 Å². The minimum absolute atomic E-state index is 0.334. The van der Waals surface area contributed by atoms with Crippen LogP contribution in [-0.2, 0) is 37.9 Å². The Balaban J connectivity index is 1.94.